The van der Waals surface area contributed by atoms with Gasteiger partial charge in [-0.2, -0.15) is 0 Å². The largest absolute Gasteiger partial charge is 0.507 e. The molecule has 0 aromatic heterocycles. The molecule has 8 aromatic rings. The summed E-state index contributed by atoms with van der Waals surface area (Å²) in [5.41, 5.74) is 9.25. The van der Waals surface area contributed by atoms with Gasteiger partial charge in [-0.3, -0.25) is 0 Å². The second-order valence-corrected chi connectivity index (χ2v) is 10.8. The zero-order valence-corrected chi connectivity index (χ0v) is 25.2. The van der Waals surface area contributed by atoms with Crippen LogP contribution in [0.2, 0.25) is 0 Å². The number of anilines is 1. The van der Waals surface area contributed by atoms with Crippen LogP contribution in [0.25, 0.3) is 43.1 Å². The summed E-state index contributed by atoms with van der Waals surface area (Å²) in [7, 11) is 0. The number of aromatic hydroxyl groups is 1. The number of hydrogen-bond donors (Lipinski definition) is 2. The number of fused-ring (bicyclic) bond motifs is 4. The van der Waals surface area contributed by atoms with Crippen molar-refractivity contribution in [1.82, 2.24) is 0 Å². The van der Waals surface area contributed by atoms with E-state index >= 15 is 0 Å². The van der Waals surface area contributed by atoms with Crippen molar-refractivity contribution in [2.75, 3.05) is 5.73 Å². The van der Waals surface area contributed by atoms with Gasteiger partial charge >= 0.3 is 0 Å². The first kappa shape index (κ1) is 29.9. The van der Waals surface area contributed by atoms with Gasteiger partial charge in [-0.1, -0.05) is 169 Å². The Hall–Kier alpha value is -5.60. The molecule has 0 saturated carbocycles. The van der Waals surface area contributed by atoms with Gasteiger partial charge in [0.15, 0.2) is 0 Å². The normalized spacial score (nSPS) is 10.2. The Bertz CT molecular complexity index is 1950. The Labute approximate surface area is 259 Å². The average Bonchev–Trinajstić information content (AvgIpc) is 3.06. The zero-order chi connectivity index (χ0) is 30.7. The minimum absolute atomic E-state index is 0.350. The van der Waals surface area contributed by atoms with Crippen LogP contribution in [0.1, 0.15) is 11.1 Å². The third kappa shape index (κ3) is 7.81. The second kappa shape index (κ2) is 14.5. The van der Waals surface area contributed by atoms with Gasteiger partial charge in [-0.25, -0.2) is 0 Å². The van der Waals surface area contributed by atoms with Crippen LogP contribution in [-0.4, -0.2) is 5.11 Å². The monoisotopic (exact) mass is 571 g/mol. The topological polar surface area (TPSA) is 46.2 Å². The van der Waals surface area contributed by atoms with E-state index in [-0.39, 0.29) is 0 Å². The number of phenols is 1. The van der Waals surface area contributed by atoms with Crippen molar-refractivity contribution in [3.8, 4) is 5.75 Å². The van der Waals surface area contributed by atoms with Crippen LogP contribution in [0.4, 0.5) is 5.69 Å². The Morgan fingerprint density at radius 3 is 1.25 bits per heavy atom. The highest BCUT2D eigenvalue weighted by Crippen LogP contribution is 2.23. The number of hydrogen-bond acceptors (Lipinski definition) is 2. The van der Waals surface area contributed by atoms with Gasteiger partial charge in [0.2, 0.25) is 0 Å². The lowest BCUT2D eigenvalue weighted by Gasteiger charge is -1.98. The summed E-state index contributed by atoms with van der Waals surface area (Å²) in [4.78, 5) is 0. The van der Waals surface area contributed by atoms with E-state index < -0.39 is 0 Å². The van der Waals surface area contributed by atoms with Crippen LogP contribution in [-0.2, 0) is 0 Å². The van der Waals surface area contributed by atoms with Crippen LogP contribution in [0.5, 0.6) is 5.75 Å². The first-order chi connectivity index (χ1) is 21.5. The molecule has 2 heteroatoms. The maximum atomic E-state index is 9.37. The van der Waals surface area contributed by atoms with Gasteiger partial charge < -0.3 is 10.8 Å². The number of phenolic OH excluding ortho intramolecular Hbond substituents is 1. The summed E-state index contributed by atoms with van der Waals surface area (Å²) in [6.45, 7) is 4.24. The Kier molecular flexibility index (Phi) is 9.87. The van der Waals surface area contributed by atoms with E-state index in [1.54, 1.807) is 6.07 Å². The van der Waals surface area contributed by atoms with Gasteiger partial charge in [0.05, 0.1) is 0 Å². The lowest BCUT2D eigenvalue weighted by molar-refractivity contribution is 0.481. The lowest BCUT2D eigenvalue weighted by Crippen LogP contribution is -1.84. The van der Waals surface area contributed by atoms with Crippen LogP contribution in [0.15, 0.2) is 170 Å². The molecule has 0 radical (unpaired) electrons. The number of nitrogens with two attached hydrogens (primary N) is 1. The molecule has 3 N–H and O–H groups in total. The van der Waals surface area contributed by atoms with Crippen molar-refractivity contribution in [2.45, 2.75) is 13.8 Å². The van der Waals surface area contributed by atoms with E-state index in [2.05, 4.69) is 111 Å². The molecule has 2 nitrogen and oxygen atoms in total. The fraction of sp³-hybridized carbons (Fsp3) is 0.0476. The number of benzene rings is 8. The van der Waals surface area contributed by atoms with Crippen molar-refractivity contribution >= 4 is 48.8 Å². The van der Waals surface area contributed by atoms with Gasteiger partial charge in [0.1, 0.15) is 5.75 Å². The minimum atomic E-state index is 0.350. The molecule has 0 atom stereocenters. The van der Waals surface area contributed by atoms with E-state index in [1.165, 1.54) is 38.1 Å². The summed E-state index contributed by atoms with van der Waals surface area (Å²) in [6, 6.07) is 57.2. The summed E-state index contributed by atoms with van der Waals surface area (Å²) >= 11 is 0. The summed E-state index contributed by atoms with van der Waals surface area (Å²) in [5.74, 6) is 0.350. The first-order valence-electron chi connectivity index (χ1n) is 14.8. The third-order valence-corrected chi connectivity index (χ3v) is 7.40. The minimum Gasteiger partial charge on any atom is -0.507 e. The highest BCUT2D eigenvalue weighted by molar-refractivity contribution is 5.92. The molecule has 0 spiro atoms. The number of aryl methyl sites for hydroxylation is 2. The number of rotatable bonds is 0. The van der Waals surface area contributed by atoms with Crippen LogP contribution in [0.3, 0.4) is 0 Å². The molecule has 0 aliphatic heterocycles. The fourth-order valence-corrected chi connectivity index (χ4v) is 5.08. The van der Waals surface area contributed by atoms with Gasteiger partial charge in [0, 0.05) is 16.5 Å². The first-order valence-corrected chi connectivity index (χ1v) is 14.8. The second-order valence-electron chi connectivity index (χ2n) is 10.8. The smallest absolute Gasteiger partial charge is 0.123 e. The number of nitrogen functional groups attached to an aromatic ring is 1. The molecule has 0 aliphatic carbocycles. The molecule has 0 aliphatic rings. The van der Waals surface area contributed by atoms with Crippen molar-refractivity contribution in [1.29, 1.82) is 0 Å². The molecule has 44 heavy (non-hydrogen) atoms. The summed E-state index contributed by atoms with van der Waals surface area (Å²) in [6.07, 6.45) is 0. The van der Waals surface area contributed by atoms with Crippen LogP contribution in [0, 0.1) is 13.8 Å². The molecule has 8 rings (SSSR count). The molecule has 0 unspecified atom stereocenters. The van der Waals surface area contributed by atoms with E-state index in [9.17, 15) is 5.11 Å². The predicted octanol–water partition coefficient (Wildman–Crippen LogP) is 11.3. The van der Waals surface area contributed by atoms with Gasteiger partial charge in [-0.15, -0.1) is 0 Å². The highest BCUT2D eigenvalue weighted by atomic mass is 16.3. The maximum absolute atomic E-state index is 9.37. The lowest BCUT2D eigenvalue weighted by atomic mass is 10.1. The molecule has 0 amide bonds. The Morgan fingerprint density at radius 2 is 0.750 bits per heavy atom. The predicted molar refractivity (Wildman–Crippen MR) is 191 cm³/mol. The molecule has 0 heterocycles. The average molecular weight is 572 g/mol. The molecular formula is C42H37NO. The Balaban J connectivity index is 0.000000116. The van der Waals surface area contributed by atoms with Crippen molar-refractivity contribution < 1.29 is 5.11 Å². The maximum Gasteiger partial charge on any atom is 0.123 e. The molecule has 216 valence electrons. The van der Waals surface area contributed by atoms with E-state index in [0.717, 1.165) is 21.8 Å². The molecule has 8 aromatic carbocycles. The van der Waals surface area contributed by atoms with Crippen molar-refractivity contribution in [2.24, 2.45) is 0 Å². The summed E-state index contributed by atoms with van der Waals surface area (Å²) < 4.78 is 0. The third-order valence-electron chi connectivity index (χ3n) is 7.40. The van der Waals surface area contributed by atoms with E-state index in [1.807, 2.05) is 66.7 Å². The van der Waals surface area contributed by atoms with Gasteiger partial charge in [0.25, 0.3) is 0 Å². The van der Waals surface area contributed by atoms with Gasteiger partial charge in [-0.05, 0) is 58.3 Å². The fourth-order valence-electron chi connectivity index (χ4n) is 5.08. The standard InChI is InChI=1S/2C11H10.C10H9N.C10H8O/c2*1-9-6-7-10-4-2-3-5-11(10)8-9;2*11-10-7-3-5-8-4-1-2-6-9(8)10/h2*2-8H,1H3;1-7H,11H2;1-7,11H. The quantitative estimate of drug-likeness (QED) is 0.178. The summed E-state index contributed by atoms with van der Waals surface area (Å²) in [5, 5.41) is 19.0. The molecule has 0 saturated heterocycles. The van der Waals surface area contributed by atoms with E-state index in [4.69, 9.17) is 5.73 Å². The molecule has 0 bridgehead atoms. The zero-order valence-electron chi connectivity index (χ0n) is 25.2. The van der Waals surface area contributed by atoms with Crippen molar-refractivity contribution in [3.05, 3.63) is 181 Å². The molecule has 0 fully saturated rings. The molecular weight excluding hydrogens is 534 g/mol. The Morgan fingerprint density at radius 1 is 0.364 bits per heavy atom. The van der Waals surface area contributed by atoms with Crippen LogP contribution < -0.4 is 5.73 Å². The SMILES string of the molecule is Cc1ccc2ccccc2c1.Cc1ccc2ccccc2c1.Nc1cccc2ccccc12.Oc1cccc2ccccc12. The highest BCUT2D eigenvalue weighted by Gasteiger charge is 1.95. The van der Waals surface area contributed by atoms with E-state index in [0.29, 0.717) is 5.75 Å². The van der Waals surface area contributed by atoms with Crippen molar-refractivity contribution in [3.63, 3.8) is 0 Å². The van der Waals surface area contributed by atoms with Crippen LogP contribution >= 0.6 is 0 Å².